The van der Waals surface area contributed by atoms with Crippen LogP contribution in [0.1, 0.15) is 44.9 Å². The number of aliphatic carboxylic acids is 1. The van der Waals surface area contributed by atoms with Crippen LogP contribution in [0.3, 0.4) is 0 Å². The Kier molecular flexibility index (Phi) is 2.92. The molecule has 2 amide bonds. The van der Waals surface area contributed by atoms with E-state index in [1.54, 1.807) is 4.90 Å². The molecule has 0 aromatic rings. The van der Waals surface area contributed by atoms with Gasteiger partial charge in [-0.25, -0.2) is 9.59 Å². The van der Waals surface area contributed by atoms with Gasteiger partial charge in [0.25, 0.3) is 0 Å². The van der Waals surface area contributed by atoms with E-state index in [9.17, 15) is 19.8 Å². The highest BCUT2D eigenvalue weighted by Gasteiger charge is 2.49. The van der Waals surface area contributed by atoms with Crippen LogP contribution in [-0.2, 0) is 4.79 Å². The predicted octanol–water partition coefficient (Wildman–Crippen LogP) is 0.691. The average molecular weight is 268 g/mol. The minimum Gasteiger partial charge on any atom is -0.480 e. The van der Waals surface area contributed by atoms with Gasteiger partial charge in [-0.2, -0.15) is 0 Å². The van der Waals surface area contributed by atoms with Crippen LogP contribution in [0.4, 0.5) is 4.79 Å². The molecular weight excluding hydrogens is 248 g/mol. The van der Waals surface area contributed by atoms with Gasteiger partial charge in [0.1, 0.15) is 5.54 Å². The van der Waals surface area contributed by atoms with Crippen molar-refractivity contribution in [2.24, 2.45) is 0 Å². The molecule has 3 aliphatic rings. The standard InChI is InChI=1S/C13H20N2O4/c16-10-6-8-2-3-9(7-10)15(8)12(19)14-13(11(17)18)4-1-5-13/h8-10,16H,1-7H2,(H,14,19)(H,17,18). The number of nitrogens with one attached hydrogen (secondary N) is 1. The Labute approximate surface area is 111 Å². The molecule has 2 bridgehead atoms. The lowest BCUT2D eigenvalue weighted by Crippen LogP contribution is -2.63. The number of aliphatic hydroxyl groups is 1. The van der Waals surface area contributed by atoms with Crippen LogP contribution in [0.25, 0.3) is 0 Å². The molecule has 2 unspecified atom stereocenters. The van der Waals surface area contributed by atoms with Gasteiger partial charge in [0, 0.05) is 12.1 Å². The Bertz CT molecular complexity index is 393. The molecule has 0 aromatic heterocycles. The third kappa shape index (κ3) is 1.98. The van der Waals surface area contributed by atoms with Crippen LogP contribution in [0.15, 0.2) is 0 Å². The van der Waals surface area contributed by atoms with Crippen molar-refractivity contribution in [1.29, 1.82) is 0 Å². The molecule has 2 aliphatic heterocycles. The lowest BCUT2D eigenvalue weighted by atomic mass is 9.77. The Balaban J connectivity index is 1.70. The number of fused-ring (bicyclic) bond motifs is 2. The van der Waals surface area contributed by atoms with Crippen LogP contribution in [0, 0.1) is 0 Å². The number of amides is 2. The van der Waals surface area contributed by atoms with Crippen molar-refractivity contribution >= 4 is 12.0 Å². The molecule has 3 rings (SSSR count). The number of nitrogens with zero attached hydrogens (tertiary/aromatic N) is 1. The zero-order valence-corrected chi connectivity index (χ0v) is 10.8. The van der Waals surface area contributed by atoms with Crippen LogP contribution < -0.4 is 5.32 Å². The second kappa shape index (κ2) is 4.37. The fraction of sp³-hybridized carbons (Fsp3) is 0.846. The van der Waals surface area contributed by atoms with Crippen LogP contribution in [0.5, 0.6) is 0 Å². The predicted molar refractivity (Wildman–Crippen MR) is 66.6 cm³/mol. The Morgan fingerprint density at radius 3 is 2.16 bits per heavy atom. The maximum atomic E-state index is 12.3. The van der Waals surface area contributed by atoms with Crippen LogP contribution in [0.2, 0.25) is 0 Å². The van der Waals surface area contributed by atoms with Crippen molar-refractivity contribution in [2.45, 2.75) is 68.7 Å². The zero-order chi connectivity index (χ0) is 13.6. The lowest BCUT2D eigenvalue weighted by molar-refractivity contribution is -0.148. The number of carboxylic acids is 1. The maximum absolute atomic E-state index is 12.3. The summed E-state index contributed by atoms with van der Waals surface area (Å²) >= 11 is 0. The summed E-state index contributed by atoms with van der Waals surface area (Å²) in [6.07, 6.45) is 4.61. The largest absolute Gasteiger partial charge is 0.480 e. The molecule has 0 aromatic carbocycles. The first-order chi connectivity index (χ1) is 9.02. The summed E-state index contributed by atoms with van der Waals surface area (Å²) in [4.78, 5) is 25.4. The number of carbonyl (C=O) groups is 2. The van der Waals surface area contributed by atoms with Crippen molar-refractivity contribution in [3.63, 3.8) is 0 Å². The first-order valence-corrected chi connectivity index (χ1v) is 7.04. The molecule has 2 atom stereocenters. The molecular formula is C13H20N2O4. The van der Waals surface area contributed by atoms with Gasteiger partial charge in [-0.3, -0.25) is 0 Å². The fourth-order valence-corrected chi connectivity index (χ4v) is 3.67. The van der Waals surface area contributed by atoms with E-state index in [-0.39, 0.29) is 24.2 Å². The van der Waals surface area contributed by atoms with Gasteiger partial charge >= 0.3 is 12.0 Å². The number of carbonyl (C=O) groups excluding carboxylic acids is 1. The minimum atomic E-state index is -1.05. The quantitative estimate of drug-likeness (QED) is 0.687. The SMILES string of the molecule is O=C(NC1(C(=O)O)CCC1)N1C2CCC1CC(O)C2. The van der Waals surface area contributed by atoms with Crippen LogP contribution in [-0.4, -0.2) is 50.8 Å². The number of rotatable bonds is 2. The molecule has 1 saturated carbocycles. The van der Waals surface area contributed by atoms with Gasteiger partial charge in [0.05, 0.1) is 6.10 Å². The third-order valence-electron chi connectivity index (χ3n) is 4.91. The summed E-state index contributed by atoms with van der Waals surface area (Å²) in [5.74, 6) is -0.934. The van der Waals surface area contributed by atoms with E-state index in [1.165, 1.54) is 0 Å². The van der Waals surface area contributed by atoms with Crippen LogP contribution >= 0.6 is 0 Å². The molecule has 3 N–H and O–H groups in total. The van der Waals surface area contributed by atoms with Gasteiger partial charge < -0.3 is 20.4 Å². The molecule has 0 spiro atoms. The van der Waals surface area contributed by atoms with E-state index in [2.05, 4.69) is 5.32 Å². The van der Waals surface area contributed by atoms with E-state index >= 15 is 0 Å². The summed E-state index contributed by atoms with van der Waals surface area (Å²) in [7, 11) is 0. The van der Waals surface area contributed by atoms with Gasteiger partial charge in [0.15, 0.2) is 0 Å². The first-order valence-electron chi connectivity index (χ1n) is 7.04. The Hall–Kier alpha value is -1.30. The van der Waals surface area contributed by atoms with Crippen molar-refractivity contribution in [3.05, 3.63) is 0 Å². The molecule has 0 radical (unpaired) electrons. The summed E-state index contributed by atoms with van der Waals surface area (Å²) < 4.78 is 0. The first kappa shape index (κ1) is 12.7. The number of hydrogen-bond donors (Lipinski definition) is 3. The summed E-state index contributed by atoms with van der Waals surface area (Å²) in [5.41, 5.74) is -1.05. The molecule has 1 aliphatic carbocycles. The van der Waals surface area contributed by atoms with Crippen molar-refractivity contribution in [3.8, 4) is 0 Å². The highest BCUT2D eigenvalue weighted by atomic mass is 16.4. The number of carboxylic acid groups (broad SMARTS) is 1. The van der Waals surface area contributed by atoms with Gasteiger partial charge in [-0.05, 0) is 44.9 Å². The molecule has 106 valence electrons. The highest BCUT2D eigenvalue weighted by molar-refractivity contribution is 5.87. The van der Waals surface area contributed by atoms with E-state index in [4.69, 9.17) is 0 Å². The molecule has 6 nitrogen and oxygen atoms in total. The number of piperidine rings is 1. The van der Waals surface area contributed by atoms with Gasteiger partial charge in [0.2, 0.25) is 0 Å². The van der Waals surface area contributed by atoms with Crippen molar-refractivity contribution in [2.75, 3.05) is 0 Å². The zero-order valence-electron chi connectivity index (χ0n) is 10.8. The van der Waals surface area contributed by atoms with Crippen molar-refractivity contribution in [1.82, 2.24) is 10.2 Å². The molecule has 19 heavy (non-hydrogen) atoms. The minimum absolute atomic E-state index is 0.0691. The summed E-state index contributed by atoms with van der Waals surface area (Å²) in [5, 5.41) is 21.7. The Morgan fingerprint density at radius 2 is 1.74 bits per heavy atom. The van der Waals surface area contributed by atoms with Gasteiger partial charge in [-0.1, -0.05) is 0 Å². The van der Waals surface area contributed by atoms with E-state index in [1.807, 2.05) is 0 Å². The number of hydrogen-bond acceptors (Lipinski definition) is 3. The smallest absolute Gasteiger partial charge is 0.329 e. The fourth-order valence-electron chi connectivity index (χ4n) is 3.67. The monoisotopic (exact) mass is 268 g/mol. The molecule has 2 saturated heterocycles. The van der Waals surface area contributed by atoms with E-state index < -0.39 is 11.5 Å². The van der Waals surface area contributed by atoms with Crippen molar-refractivity contribution < 1.29 is 19.8 Å². The topological polar surface area (TPSA) is 89.9 Å². The average Bonchev–Trinajstić information content (AvgIpc) is 2.56. The lowest BCUT2D eigenvalue weighted by Gasteiger charge is -2.43. The summed E-state index contributed by atoms with van der Waals surface area (Å²) in [6, 6.07) is -0.124. The third-order valence-corrected chi connectivity index (χ3v) is 4.91. The maximum Gasteiger partial charge on any atom is 0.329 e. The normalized spacial score (nSPS) is 35.6. The highest BCUT2D eigenvalue weighted by Crippen LogP contribution is 2.37. The van der Waals surface area contributed by atoms with E-state index in [0.717, 1.165) is 19.3 Å². The van der Waals surface area contributed by atoms with Gasteiger partial charge in [-0.15, -0.1) is 0 Å². The molecule has 6 heteroatoms. The second-order valence-corrected chi connectivity index (χ2v) is 6.09. The summed E-state index contributed by atoms with van der Waals surface area (Å²) in [6.45, 7) is 0. The number of urea groups is 1. The molecule has 2 heterocycles. The van der Waals surface area contributed by atoms with E-state index in [0.29, 0.717) is 25.7 Å². The Morgan fingerprint density at radius 1 is 1.16 bits per heavy atom. The number of aliphatic hydroxyl groups excluding tert-OH is 1. The molecule has 3 fully saturated rings. The second-order valence-electron chi connectivity index (χ2n) is 6.09.